The summed E-state index contributed by atoms with van der Waals surface area (Å²) in [6, 6.07) is 5.32. The van der Waals surface area contributed by atoms with Crippen molar-refractivity contribution in [2.24, 2.45) is 0 Å². The maximum Gasteiger partial charge on any atom is 0.340 e. The fourth-order valence-electron chi connectivity index (χ4n) is 2.70. The number of ether oxygens (including phenoxy) is 3. The summed E-state index contributed by atoms with van der Waals surface area (Å²) in [6.45, 7) is 3.38. The van der Waals surface area contributed by atoms with Gasteiger partial charge in [0.15, 0.2) is 0 Å². The van der Waals surface area contributed by atoms with Crippen molar-refractivity contribution < 1.29 is 23.8 Å². The molecule has 0 unspecified atom stereocenters. The predicted molar refractivity (Wildman–Crippen MR) is 96.1 cm³/mol. The maximum absolute atomic E-state index is 12.4. The second-order valence-corrected chi connectivity index (χ2v) is 6.15. The van der Waals surface area contributed by atoms with Crippen LogP contribution in [-0.4, -0.2) is 38.3 Å². The van der Waals surface area contributed by atoms with E-state index in [1.54, 1.807) is 32.0 Å². The van der Waals surface area contributed by atoms with E-state index in [-0.39, 0.29) is 11.1 Å². The Bertz CT molecular complexity index is 808. The van der Waals surface area contributed by atoms with Crippen LogP contribution in [0.3, 0.4) is 0 Å². The van der Waals surface area contributed by atoms with E-state index in [1.165, 1.54) is 21.3 Å². The van der Waals surface area contributed by atoms with Crippen LogP contribution in [0.1, 0.15) is 32.1 Å². The lowest BCUT2D eigenvalue weighted by molar-refractivity contribution is 0.0599. The van der Waals surface area contributed by atoms with E-state index < -0.39 is 11.9 Å². The lowest BCUT2D eigenvalue weighted by atomic mass is 9.92. The number of nitrogens with zero attached hydrogens (tertiary/aromatic N) is 1. The van der Waals surface area contributed by atoms with E-state index in [1.807, 2.05) is 0 Å². The highest BCUT2D eigenvalue weighted by atomic mass is 79.9. The van der Waals surface area contributed by atoms with Gasteiger partial charge < -0.3 is 14.2 Å². The molecule has 132 valence electrons. The molecule has 0 aliphatic carbocycles. The average Bonchev–Trinajstić information content (AvgIpc) is 2.59. The van der Waals surface area contributed by atoms with Crippen molar-refractivity contribution >= 4 is 27.9 Å². The van der Waals surface area contributed by atoms with E-state index in [9.17, 15) is 9.59 Å². The molecular formula is C18H18BrNO5. The van der Waals surface area contributed by atoms with Crippen molar-refractivity contribution in [3.63, 3.8) is 0 Å². The zero-order valence-electron chi connectivity index (χ0n) is 14.6. The van der Waals surface area contributed by atoms with Crippen molar-refractivity contribution in [2.45, 2.75) is 13.8 Å². The van der Waals surface area contributed by atoms with Crippen LogP contribution in [-0.2, 0) is 9.47 Å². The second-order valence-electron chi connectivity index (χ2n) is 5.24. The van der Waals surface area contributed by atoms with Crippen LogP contribution in [0.2, 0.25) is 0 Å². The average molecular weight is 408 g/mol. The molecule has 2 rings (SSSR count). The Hall–Kier alpha value is -2.41. The molecule has 0 fully saturated rings. The van der Waals surface area contributed by atoms with Gasteiger partial charge in [-0.05, 0) is 32.0 Å². The number of rotatable bonds is 4. The summed E-state index contributed by atoms with van der Waals surface area (Å²) in [4.78, 5) is 29.2. The van der Waals surface area contributed by atoms with Crippen molar-refractivity contribution in [1.82, 2.24) is 4.98 Å². The van der Waals surface area contributed by atoms with E-state index in [4.69, 9.17) is 14.2 Å². The lowest BCUT2D eigenvalue weighted by Gasteiger charge is -2.18. The Balaban J connectivity index is 3.02. The number of methoxy groups -OCH3 is 3. The molecule has 2 aromatic rings. The number of benzene rings is 1. The molecule has 0 aliphatic heterocycles. The van der Waals surface area contributed by atoms with Gasteiger partial charge in [0.1, 0.15) is 5.75 Å². The van der Waals surface area contributed by atoms with Crippen LogP contribution in [0.25, 0.3) is 11.1 Å². The Labute approximate surface area is 154 Å². The van der Waals surface area contributed by atoms with E-state index in [2.05, 4.69) is 20.9 Å². The Morgan fingerprint density at radius 2 is 1.48 bits per heavy atom. The van der Waals surface area contributed by atoms with Gasteiger partial charge in [0, 0.05) is 15.6 Å². The van der Waals surface area contributed by atoms with Gasteiger partial charge in [-0.3, -0.25) is 4.98 Å². The van der Waals surface area contributed by atoms with Crippen LogP contribution >= 0.6 is 15.9 Å². The Kier molecular flexibility index (Phi) is 5.79. The molecule has 1 aromatic heterocycles. The number of carbonyl (C=O) groups excluding carboxylic acids is 2. The summed E-state index contributed by atoms with van der Waals surface area (Å²) in [6.07, 6.45) is 0. The Morgan fingerprint density at radius 3 is 1.92 bits per heavy atom. The molecule has 0 bridgehead atoms. The number of esters is 2. The van der Waals surface area contributed by atoms with Crippen LogP contribution in [0.5, 0.6) is 5.75 Å². The first-order chi connectivity index (χ1) is 11.8. The summed E-state index contributed by atoms with van der Waals surface area (Å²) in [7, 11) is 4.08. The minimum atomic E-state index is -0.591. The molecule has 1 heterocycles. The number of halogens is 1. The third kappa shape index (κ3) is 3.51. The number of aromatic nitrogens is 1. The first kappa shape index (κ1) is 18.9. The minimum Gasteiger partial charge on any atom is -0.496 e. The molecule has 7 heteroatoms. The highest BCUT2D eigenvalue weighted by Crippen LogP contribution is 2.39. The van der Waals surface area contributed by atoms with Gasteiger partial charge in [-0.25, -0.2) is 9.59 Å². The van der Waals surface area contributed by atoms with Crippen LogP contribution in [0.4, 0.5) is 0 Å². The number of aryl methyl sites for hydroxylation is 2. The molecule has 0 saturated heterocycles. The molecule has 0 saturated carbocycles. The van der Waals surface area contributed by atoms with Crippen LogP contribution < -0.4 is 4.74 Å². The predicted octanol–water partition coefficient (Wildman–Crippen LogP) is 3.71. The van der Waals surface area contributed by atoms with Crippen LogP contribution in [0, 0.1) is 13.8 Å². The second kappa shape index (κ2) is 7.65. The lowest BCUT2D eigenvalue weighted by Crippen LogP contribution is -2.16. The molecule has 0 N–H and O–H groups in total. The molecular weight excluding hydrogens is 390 g/mol. The first-order valence-corrected chi connectivity index (χ1v) is 8.16. The number of hydrogen-bond donors (Lipinski definition) is 0. The maximum atomic E-state index is 12.4. The van der Waals surface area contributed by atoms with E-state index in [0.717, 1.165) is 4.47 Å². The fraction of sp³-hybridized carbons (Fsp3) is 0.278. The van der Waals surface area contributed by atoms with Crippen LogP contribution in [0.15, 0.2) is 22.7 Å². The normalized spacial score (nSPS) is 10.3. The van der Waals surface area contributed by atoms with Crippen molar-refractivity contribution in [1.29, 1.82) is 0 Å². The highest BCUT2D eigenvalue weighted by Gasteiger charge is 2.28. The first-order valence-electron chi connectivity index (χ1n) is 7.37. The molecule has 0 atom stereocenters. The van der Waals surface area contributed by atoms with E-state index in [0.29, 0.717) is 28.3 Å². The van der Waals surface area contributed by atoms with Gasteiger partial charge in [0.25, 0.3) is 0 Å². The quantitative estimate of drug-likeness (QED) is 0.719. The molecule has 25 heavy (non-hydrogen) atoms. The van der Waals surface area contributed by atoms with Gasteiger partial charge >= 0.3 is 11.9 Å². The van der Waals surface area contributed by atoms with Crippen molar-refractivity contribution in [3.8, 4) is 16.9 Å². The SMILES string of the molecule is COC(=O)c1c(C)nc(C)c(C(=O)OC)c1-c1cc(Br)ccc1OC. The molecule has 0 amide bonds. The van der Waals surface area contributed by atoms with Gasteiger partial charge in [0.2, 0.25) is 0 Å². The molecule has 0 aliphatic rings. The smallest absolute Gasteiger partial charge is 0.340 e. The number of hydrogen-bond acceptors (Lipinski definition) is 6. The molecule has 0 spiro atoms. The standard InChI is InChI=1S/C18H18BrNO5/c1-9-14(17(21)24-4)16(15(10(2)20-9)18(22)25-5)12-8-11(19)6-7-13(12)23-3/h6-8H,1-5H3. The molecule has 6 nitrogen and oxygen atoms in total. The van der Waals surface area contributed by atoms with E-state index >= 15 is 0 Å². The molecule has 1 aromatic carbocycles. The minimum absolute atomic E-state index is 0.199. The summed E-state index contributed by atoms with van der Waals surface area (Å²) < 4.78 is 16.0. The number of carbonyl (C=O) groups is 2. The van der Waals surface area contributed by atoms with Crippen molar-refractivity contribution in [3.05, 3.63) is 45.2 Å². The van der Waals surface area contributed by atoms with Gasteiger partial charge in [-0.2, -0.15) is 0 Å². The van der Waals surface area contributed by atoms with Crippen molar-refractivity contribution in [2.75, 3.05) is 21.3 Å². The fourth-order valence-corrected chi connectivity index (χ4v) is 3.06. The summed E-state index contributed by atoms with van der Waals surface area (Å²) in [5.74, 6) is -0.678. The largest absolute Gasteiger partial charge is 0.496 e. The number of pyridine rings is 1. The van der Waals surface area contributed by atoms with Gasteiger partial charge in [-0.1, -0.05) is 15.9 Å². The highest BCUT2D eigenvalue weighted by molar-refractivity contribution is 9.10. The summed E-state index contributed by atoms with van der Waals surface area (Å²) in [5, 5.41) is 0. The monoisotopic (exact) mass is 407 g/mol. The van der Waals surface area contributed by atoms with Gasteiger partial charge in [-0.15, -0.1) is 0 Å². The summed E-state index contributed by atoms with van der Waals surface area (Å²) in [5.41, 5.74) is 2.24. The third-order valence-electron chi connectivity index (χ3n) is 3.77. The Morgan fingerprint density at radius 1 is 0.960 bits per heavy atom. The summed E-state index contributed by atoms with van der Waals surface area (Å²) >= 11 is 3.41. The van der Waals surface area contributed by atoms with Gasteiger partial charge in [0.05, 0.1) is 43.8 Å². The molecule has 0 radical (unpaired) electrons. The zero-order chi connectivity index (χ0) is 18.7. The zero-order valence-corrected chi connectivity index (χ0v) is 16.2. The third-order valence-corrected chi connectivity index (χ3v) is 4.26. The topological polar surface area (TPSA) is 74.7 Å².